The Bertz CT molecular complexity index is 1030. The molecule has 2 fully saturated rings. The smallest absolute Gasteiger partial charge is 0.240 e. The molecule has 0 spiro atoms. The standard InChI is InChI=1S/C26H30N2O4/c1-13-15-9-10-16(13)19-17(15)11-18-20(23(19)29)24(30)21-25(22(18)28(2)3)32-27-26(21)31-12-14-7-5-4-6-8-14/h4-10,13,15-19,21-22,25,30H,11-12H2,1-3H3/t13?,15-,16+,17-,18+,19+,21?,22+,25?/m0/s1. The number of rotatable bonds is 3. The van der Waals surface area contributed by atoms with E-state index in [-0.39, 0.29) is 41.4 Å². The van der Waals surface area contributed by atoms with Crippen molar-refractivity contribution in [3.05, 3.63) is 59.4 Å². The van der Waals surface area contributed by atoms with Crippen LogP contribution in [-0.4, -0.2) is 47.9 Å². The molecule has 6 heteroatoms. The fraction of sp³-hybridized carbons (Fsp3) is 0.538. The van der Waals surface area contributed by atoms with Crippen molar-refractivity contribution in [1.82, 2.24) is 4.90 Å². The lowest BCUT2D eigenvalue weighted by Crippen LogP contribution is -2.57. The van der Waals surface area contributed by atoms with E-state index in [4.69, 9.17) is 9.57 Å². The maximum atomic E-state index is 13.8. The molecule has 0 radical (unpaired) electrons. The van der Waals surface area contributed by atoms with Crippen molar-refractivity contribution in [2.75, 3.05) is 14.1 Å². The number of aliphatic hydroxyl groups is 1. The van der Waals surface area contributed by atoms with Crippen LogP contribution in [-0.2, 0) is 21.0 Å². The van der Waals surface area contributed by atoms with E-state index in [2.05, 4.69) is 29.1 Å². The van der Waals surface area contributed by atoms with Crippen molar-refractivity contribution < 1.29 is 19.5 Å². The summed E-state index contributed by atoms with van der Waals surface area (Å²) < 4.78 is 6.01. The molecule has 1 N–H and O–H groups in total. The highest BCUT2D eigenvalue weighted by molar-refractivity contribution is 6.01. The van der Waals surface area contributed by atoms with E-state index in [1.165, 1.54) is 0 Å². The monoisotopic (exact) mass is 434 g/mol. The zero-order valence-corrected chi connectivity index (χ0v) is 18.7. The molecule has 0 aromatic heterocycles. The zero-order valence-electron chi connectivity index (χ0n) is 18.7. The lowest BCUT2D eigenvalue weighted by atomic mass is 9.60. The number of carbonyl (C=O) groups is 1. The second-order valence-electron chi connectivity index (χ2n) is 10.3. The predicted molar refractivity (Wildman–Crippen MR) is 120 cm³/mol. The van der Waals surface area contributed by atoms with Crippen LogP contribution in [0.5, 0.6) is 0 Å². The Morgan fingerprint density at radius 1 is 1.19 bits per heavy atom. The van der Waals surface area contributed by atoms with E-state index < -0.39 is 5.92 Å². The molecule has 6 rings (SSSR count). The summed E-state index contributed by atoms with van der Waals surface area (Å²) in [6.07, 6.45) is 5.09. The number of nitrogens with zero attached hydrogens (tertiary/aromatic N) is 2. The average molecular weight is 435 g/mol. The first-order valence-corrected chi connectivity index (χ1v) is 11.7. The highest BCUT2D eigenvalue weighted by Gasteiger charge is 2.62. The second kappa shape index (κ2) is 7.20. The number of fused-ring (bicyclic) bond motifs is 7. The summed E-state index contributed by atoms with van der Waals surface area (Å²) in [4.78, 5) is 21.9. The Hall–Kier alpha value is -2.60. The predicted octanol–water partition coefficient (Wildman–Crippen LogP) is 3.56. The van der Waals surface area contributed by atoms with Crippen molar-refractivity contribution in [1.29, 1.82) is 0 Å². The Morgan fingerprint density at radius 2 is 1.94 bits per heavy atom. The van der Waals surface area contributed by atoms with Gasteiger partial charge in [0.2, 0.25) is 5.90 Å². The number of likely N-dealkylation sites (N-methyl/N-ethyl adjacent to an activating group) is 1. The molecule has 1 aliphatic heterocycles. The molecule has 1 heterocycles. The number of allylic oxidation sites excluding steroid dienone is 2. The largest absolute Gasteiger partial charge is 0.511 e. The van der Waals surface area contributed by atoms with Crippen molar-refractivity contribution in [3.63, 3.8) is 0 Å². The summed E-state index contributed by atoms with van der Waals surface area (Å²) in [6.45, 7) is 2.61. The van der Waals surface area contributed by atoms with Gasteiger partial charge in [0.05, 0.1) is 6.04 Å². The van der Waals surface area contributed by atoms with Gasteiger partial charge in [-0.1, -0.05) is 54.6 Å². The van der Waals surface area contributed by atoms with E-state index in [9.17, 15) is 9.90 Å². The van der Waals surface area contributed by atoms with E-state index in [0.717, 1.165) is 12.0 Å². The van der Waals surface area contributed by atoms with Crippen LogP contribution in [0.25, 0.3) is 0 Å². The number of carbonyl (C=O) groups excluding carboxylic acids is 1. The van der Waals surface area contributed by atoms with Crippen LogP contribution in [0.1, 0.15) is 18.9 Å². The first-order valence-electron chi connectivity index (χ1n) is 11.7. The number of hydrogen-bond acceptors (Lipinski definition) is 6. The second-order valence-corrected chi connectivity index (χ2v) is 10.3. The summed E-state index contributed by atoms with van der Waals surface area (Å²) >= 11 is 0. The molecule has 168 valence electrons. The molecule has 0 saturated heterocycles. The molecule has 3 unspecified atom stereocenters. The third-order valence-corrected chi connectivity index (χ3v) is 8.61. The summed E-state index contributed by atoms with van der Waals surface area (Å²) in [5.74, 6) is 1.61. The van der Waals surface area contributed by atoms with Crippen LogP contribution in [0.4, 0.5) is 0 Å². The van der Waals surface area contributed by atoms with Crippen molar-refractivity contribution in [2.45, 2.75) is 32.1 Å². The normalized spacial score (nSPS) is 41.3. The Morgan fingerprint density at radius 3 is 2.69 bits per heavy atom. The number of ether oxygens (including phenoxy) is 1. The summed E-state index contributed by atoms with van der Waals surface area (Å²) in [6, 6.07) is 9.81. The van der Waals surface area contributed by atoms with E-state index in [1.54, 1.807) is 0 Å². The van der Waals surface area contributed by atoms with Gasteiger partial charge in [-0.25, -0.2) is 0 Å². The Kier molecular flexibility index (Phi) is 4.51. The van der Waals surface area contributed by atoms with E-state index in [1.807, 2.05) is 44.4 Å². The van der Waals surface area contributed by atoms with Gasteiger partial charge in [-0.15, -0.1) is 0 Å². The van der Waals surface area contributed by atoms with Gasteiger partial charge in [0.15, 0.2) is 11.9 Å². The zero-order chi connectivity index (χ0) is 22.1. The minimum absolute atomic E-state index is 0.0132. The summed E-state index contributed by atoms with van der Waals surface area (Å²) in [5.41, 5.74) is 1.61. The minimum atomic E-state index is -0.538. The van der Waals surface area contributed by atoms with E-state index >= 15 is 0 Å². The van der Waals surface area contributed by atoms with Crippen LogP contribution < -0.4 is 0 Å². The van der Waals surface area contributed by atoms with Crippen LogP contribution in [0.2, 0.25) is 0 Å². The van der Waals surface area contributed by atoms with Crippen LogP contribution in [0, 0.1) is 41.4 Å². The van der Waals surface area contributed by atoms with Crippen LogP contribution >= 0.6 is 0 Å². The molecule has 6 nitrogen and oxygen atoms in total. The van der Waals surface area contributed by atoms with Gasteiger partial charge < -0.3 is 19.6 Å². The summed E-state index contributed by atoms with van der Waals surface area (Å²) in [5, 5.41) is 15.7. The first-order chi connectivity index (χ1) is 15.5. The molecular formula is C26H30N2O4. The average Bonchev–Trinajstić information content (AvgIpc) is 3.44. The number of aliphatic hydroxyl groups excluding tert-OH is 1. The third kappa shape index (κ3) is 2.68. The lowest BCUT2D eigenvalue weighted by Gasteiger charge is -2.47. The van der Waals surface area contributed by atoms with E-state index in [0.29, 0.717) is 35.8 Å². The molecule has 9 atom stereocenters. The van der Waals surface area contributed by atoms with Crippen molar-refractivity contribution >= 4 is 11.7 Å². The quantitative estimate of drug-likeness (QED) is 0.737. The molecule has 1 aromatic rings. The SMILES string of the molecule is CC1[C@H]2C=C[C@@H]1[C@@H]1C[C@@H]3C(=C(O)C4C(OCc5ccccc5)=NOC4[C@@H]3N(C)C)C(=O)[C@@H]12. The van der Waals surface area contributed by atoms with Gasteiger partial charge >= 0.3 is 0 Å². The highest BCUT2D eigenvalue weighted by atomic mass is 16.7. The molecular weight excluding hydrogens is 404 g/mol. The van der Waals surface area contributed by atoms with Crippen LogP contribution in [0.3, 0.4) is 0 Å². The van der Waals surface area contributed by atoms with Gasteiger partial charge in [0.25, 0.3) is 0 Å². The Balaban J connectivity index is 1.35. The molecule has 0 amide bonds. The molecule has 32 heavy (non-hydrogen) atoms. The van der Waals surface area contributed by atoms with Gasteiger partial charge in [0, 0.05) is 17.4 Å². The van der Waals surface area contributed by atoms with Gasteiger partial charge in [-0.2, -0.15) is 0 Å². The highest BCUT2D eigenvalue weighted by Crippen LogP contribution is 2.60. The molecule has 2 saturated carbocycles. The number of ketones is 1. The number of Topliss-reactive ketones (excluding diaryl/α,β-unsaturated/α-hetero) is 1. The number of hydrogen-bond donors (Lipinski definition) is 1. The molecule has 2 bridgehead atoms. The van der Waals surface area contributed by atoms with Crippen molar-refractivity contribution in [2.24, 2.45) is 46.6 Å². The first kappa shape index (κ1) is 20.0. The number of benzene rings is 1. The topological polar surface area (TPSA) is 71.4 Å². The molecule has 4 aliphatic carbocycles. The molecule has 5 aliphatic rings. The maximum absolute atomic E-state index is 13.8. The molecule has 1 aromatic carbocycles. The van der Waals surface area contributed by atoms with Crippen LogP contribution in [0.15, 0.2) is 59.0 Å². The maximum Gasteiger partial charge on any atom is 0.240 e. The van der Waals surface area contributed by atoms with Gasteiger partial charge in [-0.3, -0.25) is 4.79 Å². The number of oxime groups is 1. The fourth-order valence-corrected chi connectivity index (χ4v) is 7.24. The van der Waals surface area contributed by atoms with Gasteiger partial charge in [0.1, 0.15) is 18.3 Å². The van der Waals surface area contributed by atoms with Crippen molar-refractivity contribution in [3.8, 4) is 0 Å². The third-order valence-electron chi connectivity index (χ3n) is 8.61. The minimum Gasteiger partial charge on any atom is -0.511 e. The Labute approximate surface area is 188 Å². The summed E-state index contributed by atoms with van der Waals surface area (Å²) in [7, 11) is 4.04. The van der Waals surface area contributed by atoms with Gasteiger partial charge in [-0.05, 0) is 49.8 Å². The lowest BCUT2D eigenvalue weighted by molar-refractivity contribution is -0.127. The fourth-order valence-electron chi connectivity index (χ4n) is 7.24.